The highest BCUT2D eigenvalue weighted by molar-refractivity contribution is 7.13. The van der Waals surface area contributed by atoms with Crippen LogP contribution >= 0.6 is 11.3 Å². The molecule has 1 nitrogen and oxygen atoms in total. The van der Waals surface area contributed by atoms with Gasteiger partial charge in [0, 0.05) is 16.7 Å². The highest BCUT2D eigenvalue weighted by atomic mass is 32.1. The third kappa shape index (κ3) is 2.78. The van der Waals surface area contributed by atoms with Crippen molar-refractivity contribution >= 4 is 16.9 Å². The zero-order chi connectivity index (χ0) is 15.5. The van der Waals surface area contributed by atoms with Crippen LogP contribution in [0, 0.1) is 0 Å². The number of thiophene rings is 1. The predicted octanol–water partition coefficient (Wildman–Crippen LogP) is 6.34. The van der Waals surface area contributed by atoms with Crippen LogP contribution in [0.2, 0.25) is 0 Å². The van der Waals surface area contributed by atoms with E-state index < -0.39 is 0 Å². The molecule has 0 saturated heterocycles. The Bertz CT molecular complexity index is 945. The minimum Gasteiger partial charge on any atom is -0.455 e. The topological polar surface area (TPSA) is 13.1 Å². The highest BCUT2D eigenvalue weighted by Gasteiger charge is 2.14. The van der Waals surface area contributed by atoms with Gasteiger partial charge in [-0.25, -0.2) is 0 Å². The number of hydrogen-bond donors (Lipinski definition) is 0. The molecule has 0 unspecified atom stereocenters. The summed E-state index contributed by atoms with van der Waals surface area (Å²) in [5.41, 5.74) is 6.63. The summed E-state index contributed by atoms with van der Waals surface area (Å²) in [5.74, 6) is 1.79. The standard InChI is InChI=1S/C21H14OS/c1-2-5-9-16(8-4-1)18-14-15-23-21(18)20-13-12-19(22-20)17-10-6-3-7-11-17/h1-8,10-15H. The number of furan rings is 1. The van der Waals surface area contributed by atoms with E-state index in [0.717, 1.165) is 33.1 Å². The molecule has 0 atom stereocenters. The summed E-state index contributed by atoms with van der Waals surface area (Å²) in [6.07, 6.45) is 10.0. The second kappa shape index (κ2) is 6.13. The van der Waals surface area contributed by atoms with Crippen LogP contribution in [-0.4, -0.2) is 0 Å². The molecule has 23 heavy (non-hydrogen) atoms. The highest BCUT2D eigenvalue weighted by Crippen LogP contribution is 2.37. The largest absolute Gasteiger partial charge is 0.455 e. The average Bonchev–Trinajstić information content (AvgIpc) is 3.19. The van der Waals surface area contributed by atoms with Gasteiger partial charge < -0.3 is 4.42 Å². The predicted molar refractivity (Wildman–Crippen MR) is 97.2 cm³/mol. The zero-order valence-corrected chi connectivity index (χ0v) is 13.2. The number of rotatable bonds is 3. The second-order valence-electron chi connectivity index (χ2n) is 5.16. The third-order valence-corrected chi connectivity index (χ3v) is 4.59. The quantitative estimate of drug-likeness (QED) is 0.514. The van der Waals surface area contributed by atoms with Crippen LogP contribution in [0.15, 0.2) is 94.4 Å². The Balaban J connectivity index is 1.75. The molecule has 0 N–H and O–H groups in total. The number of benzene rings is 1. The Kier molecular flexibility index (Phi) is 3.69. The van der Waals surface area contributed by atoms with Gasteiger partial charge in [-0.3, -0.25) is 0 Å². The van der Waals surface area contributed by atoms with Crippen molar-refractivity contribution in [3.05, 3.63) is 95.6 Å². The van der Waals surface area contributed by atoms with Crippen molar-refractivity contribution in [1.29, 1.82) is 0 Å². The minimum atomic E-state index is 0.891. The molecule has 2 aromatic heterocycles. The van der Waals surface area contributed by atoms with Gasteiger partial charge in [-0.15, -0.1) is 17.1 Å². The molecule has 110 valence electrons. The fraction of sp³-hybridized carbons (Fsp3) is 0. The Morgan fingerprint density at radius 2 is 1.70 bits per heavy atom. The first kappa shape index (κ1) is 13.8. The van der Waals surface area contributed by atoms with E-state index in [1.165, 1.54) is 0 Å². The maximum atomic E-state index is 6.10. The molecule has 1 aliphatic carbocycles. The van der Waals surface area contributed by atoms with E-state index in [4.69, 9.17) is 4.42 Å². The molecule has 0 saturated carbocycles. The fourth-order valence-electron chi connectivity index (χ4n) is 2.55. The molecule has 2 heterocycles. The zero-order valence-electron chi connectivity index (χ0n) is 12.4. The number of allylic oxidation sites excluding steroid dienone is 5. The lowest BCUT2D eigenvalue weighted by Crippen LogP contribution is -1.79. The molecule has 3 aromatic rings. The van der Waals surface area contributed by atoms with Crippen molar-refractivity contribution in [3.8, 4) is 22.0 Å². The monoisotopic (exact) mass is 314 g/mol. The summed E-state index contributed by atoms with van der Waals surface area (Å²) in [4.78, 5) is 1.13. The Labute approximate surface area is 139 Å². The van der Waals surface area contributed by atoms with Gasteiger partial charge in [-0.1, -0.05) is 48.6 Å². The molecule has 0 fully saturated rings. The van der Waals surface area contributed by atoms with Gasteiger partial charge in [0.25, 0.3) is 0 Å². The lowest BCUT2D eigenvalue weighted by molar-refractivity contribution is 0.599. The lowest BCUT2D eigenvalue weighted by atomic mass is 10.1. The van der Waals surface area contributed by atoms with E-state index in [1.807, 2.05) is 54.6 Å². The summed E-state index contributed by atoms with van der Waals surface area (Å²) in [6.45, 7) is 0. The maximum absolute atomic E-state index is 6.10. The molecule has 0 bridgehead atoms. The van der Waals surface area contributed by atoms with E-state index in [-0.39, 0.29) is 0 Å². The molecule has 0 radical (unpaired) electrons. The molecule has 0 spiro atoms. The number of hydrogen-bond acceptors (Lipinski definition) is 2. The molecule has 1 aromatic carbocycles. The van der Waals surface area contributed by atoms with Crippen molar-refractivity contribution in [2.24, 2.45) is 0 Å². The van der Waals surface area contributed by atoms with Crippen molar-refractivity contribution in [1.82, 2.24) is 0 Å². The Morgan fingerprint density at radius 3 is 2.61 bits per heavy atom. The van der Waals surface area contributed by atoms with E-state index in [2.05, 4.69) is 35.4 Å². The van der Waals surface area contributed by atoms with Crippen LogP contribution in [0.5, 0.6) is 0 Å². The Morgan fingerprint density at radius 1 is 0.826 bits per heavy atom. The van der Waals surface area contributed by atoms with Crippen LogP contribution in [-0.2, 0) is 0 Å². The lowest BCUT2D eigenvalue weighted by Gasteiger charge is -2.01. The molecular formula is C21H14OS. The summed E-state index contributed by atoms with van der Waals surface area (Å²) in [5, 5.41) is 2.09. The van der Waals surface area contributed by atoms with Gasteiger partial charge in [-0.05, 0) is 35.7 Å². The normalized spacial score (nSPS) is 13.1. The van der Waals surface area contributed by atoms with Crippen LogP contribution in [0.1, 0.15) is 5.56 Å². The first-order valence-electron chi connectivity index (χ1n) is 7.45. The molecule has 0 aliphatic heterocycles. The van der Waals surface area contributed by atoms with E-state index in [1.54, 1.807) is 11.3 Å². The van der Waals surface area contributed by atoms with Crippen molar-refractivity contribution in [2.45, 2.75) is 0 Å². The van der Waals surface area contributed by atoms with Crippen molar-refractivity contribution in [3.63, 3.8) is 0 Å². The van der Waals surface area contributed by atoms with E-state index >= 15 is 0 Å². The first-order valence-corrected chi connectivity index (χ1v) is 8.33. The summed E-state index contributed by atoms with van der Waals surface area (Å²) in [6, 6.07) is 16.4. The molecule has 4 rings (SSSR count). The van der Waals surface area contributed by atoms with Gasteiger partial charge in [0.15, 0.2) is 0 Å². The van der Waals surface area contributed by atoms with Crippen molar-refractivity contribution in [2.75, 3.05) is 0 Å². The van der Waals surface area contributed by atoms with Crippen LogP contribution < -0.4 is 0 Å². The minimum absolute atomic E-state index is 0.891. The summed E-state index contributed by atoms with van der Waals surface area (Å²) < 4.78 is 6.10. The molecule has 1 aliphatic rings. The SMILES string of the molecule is C1=CC=CC=CC=1c1ccsc1-c1ccc(-c2ccccc2)o1. The maximum Gasteiger partial charge on any atom is 0.145 e. The van der Waals surface area contributed by atoms with Gasteiger partial charge in [0.1, 0.15) is 11.5 Å². The van der Waals surface area contributed by atoms with Crippen LogP contribution in [0.4, 0.5) is 0 Å². The van der Waals surface area contributed by atoms with Crippen molar-refractivity contribution < 1.29 is 4.42 Å². The van der Waals surface area contributed by atoms with E-state index in [0.29, 0.717) is 0 Å². The third-order valence-electron chi connectivity index (χ3n) is 3.66. The van der Waals surface area contributed by atoms with Crippen LogP contribution in [0.3, 0.4) is 0 Å². The summed E-state index contributed by atoms with van der Waals surface area (Å²) in [7, 11) is 0. The second-order valence-corrected chi connectivity index (χ2v) is 6.08. The molecular weight excluding hydrogens is 300 g/mol. The van der Waals surface area contributed by atoms with E-state index in [9.17, 15) is 0 Å². The molecule has 0 amide bonds. The molecule has 2 heteroatoms. The van der Waals surface area contributed by atoms with Crippen LogP contribution in [0.25, 0.3) is 27.5 Å². The van der Waals surface area contributed by atoms with Gasteiger partial charge >= 0.3 is 0 Å². The summed E-state index contributed by atoms with van der Waals surface area (Å²) >= 11 is 1.69. The van der Waals surface area contributed by atoms with Gasteiger partial charge in [0.05, 0.1) is 4.88 Å². The van der Waals surface area contributed by atoms with Gasteiger partial charge in [-0.2, -0.15) is 0 Å². The van der Waals surface area contributed by atoms with Gasteiger partial charge in [0.2, 0.25) is 0 Å². The Hall–Kier alpha value is -2.80. The fourth-order valence-corrected chi connectivity index (χ4v) is 3.43. The first-order chi connectivity index (χ1) is 11.4. The smallest absolute Gasteiger partial charge is 0.145 e. The average molecular weight is 314 g/mol.